The zero-order valence-electron chi connectivity index (χ0n) is 17.9. The molecule has 0 aromatic carbocycles. The smallest absolute Gasteiger partial charge is 0.272 e. The van der Waals surface area contributed by atoms with Crippen molar-refractivity contribution in [2.45, 2.75) is 33.2 Å². The van der Waals surface area contributed by atoms with Gasteiger partial charge in [-0.3, -0.25) is 9.69 Å². The Bertz CT molecular complexity index is 871. The van der Waals surface area contributed by atoms with Gasteiger partial charge in [-0.1, -0.05) is 24.2 Å². The molecule has 2 aliphatic rings. The number of anilines is 1. The van der Waals surface area contributed by atoms with Gasteiger partial charge in [0.05, 0.1) is 13.2 Å². The summed E-state index contributed by atoms with van der Waals surface area (Å²) in [6.45, 7) is 12.4. The fourth-order valence-corrected chi connectivity index (χ4v) is 3.64. The number of aromatic nitrogens is 4. The van der Waals surface area contributed by atoms with Gasteiger partial charge in [-0.05, 0) is 18.9 Å². The molecule has 0 bridgehead atoms. The van der Waals surface area contributed by atoms with E-state index in [1.807, 2.05) is 17.9 Å². The highest BCUT2D eigenvalue weighted by atomic mass is 16.6. The molecule has 30 heavy (non-hydrogen) atoms. The molecule has 4 heterocycles. The average molecular weight is 415 g/mol. The fourth-order valence-electron chi connectivity index (χ4n) is 3.64. The van der Waals surface area contributed by atoms with Crippen molar-refractivity contribution in [3.8, 4) is 0 Å². The average Bonchev–Trinajstić information content (AvgIpc) is 3.18. The highest BCUT2D eigenvalue weighted by Gasteiger charge is 2.26. The number of hydrogen-bond acceptors (Lipinski definition) is 9. The van der Waals surface area contributed by atoms with E-state index in [1.165, 1.54) is 0 Å². The zero-order chi connectivity index (χ0) is 21.1. The maximum absolute atomic E-state index is 13.2. The summed E-state index contributed by atoms with van der Waals surface area (Å²) >= 11 is 0. The van der Waals surface area contributed by atoms with Crippen molar-refractivity contribution in [2.24, 2.45) is 0 Å². The normalized spacial score (nSPS) is 18.3. The molecule has 2 aromatic rings. The Balaban J connectivity index is 1.45. The van der Waals surface area contributed by atoms with Crippen molar-refractivity contribution in [2.75, 3.05) is 57.4 Å². The number of nitrogens with zero attached hydrogens (tertiary/aromatic N) is 7. The van der Waals surface area contributed by atoms with Crippen molar-refractivity contribution in [1.29, 1.82) is 0 Å². The molecule has 0 spiro atoms. The summed E-state index contributed by atoms with van der Waals surface area (Å²) in [5, 5.41) is 7.78. The summed E-state index contributed by atoms with van der Waals surface area (Å²) in [6.07, 6.45) is 0. The number of amides is 1. The van der Waals surface area contributed by atoms with Crippen LogP contribution >= 0.6 is 0 Å². The first kappa shape index (κ1) is 20.7. The third-order valence-electron chi connectivity index (χ3n) is 5.62. The molecule has 0 unspecified atom stereocenters. The van der Waals surface area contributed by atoms with Gasteiger partial charge in [-0.2, -0.15) is 0 Å². The van der Waals surface area contributed by atoms with Crippen molar-refractivity contribution in [3.05, 3.63) is 28.8 Å². The molecular weight excluding hydrogens is 386 g/mol. The number of aryl methyl sites for hydroxylation is 1. The highest BCUT2D eigenvalue weighted by Crippen LogP contribution is 2.20. The van der Waals surface area contributed by atoms with Gasteiger partial charge in [0.25, 0.3) is 5.91 Å². The van der Waals surface area contributed by atoms with Gasteiger partial charge in [0, 0.05) is 51.5 Å². The zero-order valence-corrected chi connectivity index (χ0v) is 17.9. The Morgan fingerprint density at radius 3 is 2.43 bits per heavy atom. The minimum absolute atomic E-state index is 0.0345. The molecule has 0 aliphatic carbocycles. The SMILES string of the molecule is Cc1nonc1CN1CCN(C(=O)c2cc(C(C)C)nc(N3CCOCC3)n2)CC1. The molecule has 2 saturated heterocycles. The fraction of sp³-hybridized carbons (Fsp3) is 0.650. The molecule has 10 heteroatoms. The van der Waals surface area contributed by atoms with E-state index in [1.54, 1.807) is 0 Å². The van der Waals surface area contributed by atoms with Crippen molar-refractivity contribution in [1.82, 2.24) is 30.1 Å². The molecule has 0 N–H and O–H groups in total. The maximum Gasteiger partial charge on any atom is 0.272 e. The van der Waals surface area contributed by atoms with E-state index < -0.39 is 0 Å². The van der Waals surface area contributed by atoms with Crippen LogP contribution in [-0.4, -0.2) is 88.5 Å². The van der Waals surface area contributed by atoms with Gasteiger partial charge in [0.2, 0.25) is 5.95 Å². The Morgan fingerprint density at radius 2 is 1.80 bits per heavy atom. The second-order valence-electron chi connectivity index (χ2n) is 8.10. The monoisotopic (exact) mass is 415 g/mol. The number of piperazine rings is 1. The van der Waals surface area contributed by atoms with Gasteiger partial charge in [-0.25, -0.2) is 14.6 Å². The van der Waals surface area contributed by atoms with Gasteiger partial charge in [0.1, 0.15) is 17.1 Å². The Labute approximate surface area is 176 Å². The summed E-state index contributed by atoms with van der Waals surface area (Å²) in [7, 11) is 0. The Kier molecular flexibility index (Phi) is 6.24. The van der Waals surface area contributed by atoms with Crippen LogP contribution in [0.5, 0.6) is 0 Å². The number of hydrogen-bond donors (Lipinski definition) is 0. The second-order valence-corrected chi connectivity index (χ2v) is 8.10. The predicted octanol–water partition coefficient (Wildman–Crippen LogP) is 1.09. The number of morpholine rings is 1. The number of carbonyl (C=O) groups is 1. The molecule has 2 aromatic heterocycles. The standard InChI is InChI=1S/C20H29N7O3/c1-14(2)16-12-17(22-20(21-16)27-8-10-29-11-9-27)19(28)26-6-4-25(5-7-26)13-18-15(3)23-30-24-18/h12,14H,4-11,13H2,1-3H3. The van der Waals surface area contributed by atoms with Crippen LogP contribution in [0.15, 0.2) is 10.7 Å². The first-order valence-electron chi connectivity index (χ1n) is 10.5. The lowest BCUT2D eigenvalue weighted by Gasteiger charge is -2.34. The predicted molar refractivity (Wildman–Crippen MR) is 109 cm³/mol. The lowest BCUT2D eigenvalue weighted by molar-refractivity contribution is 0.0619. The van der Waals surface area contributed by atoms with Crippen LogP contribution in [0, 0.1) is 6.92 Å². The quantitative estimate of drug-likeness (QED) is 0.710. The summed E-state index contributed by atoms with van der Waals surface area (Å²) in [4.78, 5) is 28.8. The third kappa shape index (κ3) is 4.59. The lowest BCUT2D eigenvalue weighted by atomic mass is 10.1. The minimum atomic E-state index is -0.0345. The van der Waals surface area contributed by atoms with Crippen molar-refractivity contribution < 1.29 is 14.2 Å². The van der Waals surface area contributed by atoms with Crippen LogP contribution in [0.2, 0.25) is 0 Å². The van der Waals surface area contributed by atoms with Crippen LogP contribution in [-0.2, 0) is 11.3 Å². The van der Waals surface area contributed by atoms with E-state index >= 15 is 0 Å². The molecule has 0 atom stereocenters. The lowest BCUT2D eigenvalue weighted by Crippen LogP contribution is -2.48. The summed E-state index contributed by atoms with van der Waals surface area (Å²) in [5.41, 5.74) is 3.02. The van der Waals surface area contributed by atoms with Gasteiger partial charge >= 0.3 is 0 Å². The van der Waals surface area contributed by atoms with Crippen LogP contribution in [0.1, 0.15) is 47.3 Å². The molecule has 10 nitrogen and oxygen atoms in total. The van der Waals surface area contributed by atoms with E-state index in [2.05, 4.69) is 38.9 Å². The first-order valence-corrected chi connectivity index (χ1v) is 10.5. The molecule has 2 aliphatic heterocycles. The van der Waals surface area contributed by atoms with Gasteiger partial charge in [-0.15, -0.1) is 0 Å². The van der Waals surface area contributed by atoms with Gasteiger partial charge < -0.3 is 14.5 Å². The van der Waals surface area contributed by atoms with Crippen molar-refractivity contribution >= 4 is 11.9 Å². The highest BCUT2D eigenvalue weighted by molar-refractivity contribution is 5.92. The van der Waals surface area contributed by atoms with E-state index in [0.29, 0.717) is 44.5 Å². The molecule has 4 rings (SSSR count). The van der Waals surface area contributed by atoms with E-state index in [4.69, 9.17) is 14.3 Å². The van der Waals surface area contributed by atoms with Crippen LogP contribution < -0.4 is 4.90 Å². The molecule has 0 radical (unpaired) electrons. The second kappa shape index (κ2) is 9.05. The summed E-state index contributed by atoms with van der Waals surface area (Å²) in [5.74, 6) is 0.809. The maximum atomic E-state index is 13.2. The topological polar surface area (TPSA) is 101 Å². The van der Waals surface area contributed by atoms with E-state index in [9.17, 15) is 4.79 Å². The molecule has 2 fully saturated rings. The summed E-state index contributed by atoms with van der Waals surface area (Å²) in [6, 6.07) is 1.84. The number of ether oxygens (including phenoxy) is 1. The molecule has 1 amide bonds. The van der Waals surface area contributed by atoms with E-state index in [-0.39, 0.29) is 11.8 Å². The Hall–Kier alpha value is -2.59. The largest absolute Gasteiger partial charge is 0.378 e. The number of rotatable bonds is 5. The van der Waals surface area contributed by atoms with Crippen molar-refractivity contribution in [3.63, 3.8) is 0 Å². The van der Waals surface area contributed by atoms with Crippen LogP contribution in [0.25, 0.3) is 0 Å². The first-order chi connectivity index (χ1) is 14.5. The van der Waals surface area contributed by atoms with Gasteiger partial charge in [0.15, 0.2) is 0 Å². The van der Waals surface area contributed by atoms with E-state index in [0.717, 1.165) is 43.3 Å². The minimum Gasteiger partial charge on any atom is -0.378 e. The molecular formula is C20H29N7O3. The third-order valence-corrected chi connectivity index (χ3v) is 5.62. The molecule has 0 saturated carbocycles. The summed E-state index contributed by atoms with van der Waals surface area (Å²) < 4.78 is 10.2. The van der Waals surface area contributed by atoms with Crippen LogP contribution in [0.3, 0.4) is 0 Å². The number of carbonyl (C=O) groups excluding carboxylic acids is 1. The van der Waals surface area contributed by atoms with Crippen LogP contribution in [0.4, 0.5) is 5.95 Å². The molecule has 162 valence electrons. The Morgan fingerprint density at radius 1 is 1.07 bits per heavy atom.